The van der Waals surface area contributed by atoms with Crippen molar-refractivity contribution in [1.82, 2.24) is 15.0 Å². The summed E-state index contributed by atoms with van der Waals surface area (Å²) in [5, 5.41) is 25.9. The Kier molecular flexibility index (Phi) is 6.60. The maximum absolute atomic E-state index is 9.22. The van der Waals surface area contributed by atoms with Gasteiger partial charge in [0, 0.05) is 29.0 Å². The summed E-state index contributed by atoms with van der Waals surface area (Å²) in [4.78, 5) is 13.0. The SMILES string of the molecule is Cc1ccc(C)c(Nc2c(Cl)c(N)nc3ccc(-c4cnc(NC(CO)CO)nc4)cc23)c1. The van der Waals surface area contributed by atoms with Gasteiger partial charge < -0.3 is 26.6 Å². The maximum Gasteiger partial charge on any atom is 0.222 e. The number of aliphatic hydroxyl groups excluding tert-OH is 2. The van der Waals surface area contributed by atoms with E-state index in [9.17, 15) is 10.2 Å². The van der Waals surface area contributed by atoms with Crippen LogP contribution in [0.15, 0.2) is 48.8 Å². The van der Waals surface area contributed by atoms with Crippen LogP contribution in [0.2, 0.25) is 5.02 Å². The minimum Gasteiger partial charge on any atom is -0.394 e. The standard InChI is InChI=1S/C24H25ClN6O2/c1-13-3-4-14(2)20(7-13)30-22-18-8-15(5-6-19(18)31-23(26)21(22)25)16-9-27-24(28-10-16)29-17(11-32)12-33/h3-10,17,32-33H,11-12H2,1-2H3,(H3,26,30,31)(H,27,28,29). The molecule has 0 aliphatic carbocycles. The molecular weight excluding hydrogens is 440 g/mol. The molecule has 0 radical (unpaired) electrons. The first kappa shape index (κ1) is 22.7. The third-order valence-electron chi connectivity index (χ3n) is 5.36. The van der Waals surface area contributed by atoms with Crippen molar-refractivity contribution in [1.29, 1.82) is 0 Å². The molecule has 9 heteroatoms. The number of rotatable bonds is 7. The molecule has 0 unspecified atom stereocenters. The molecule has 8 nitrogen and oxygen atoms in total. The molecule has 0 amide bonds. The summed E-state index contributed by atoms with van der Waals surface area (Å²) in [7, 11) is 0. The summed E-state index contributed by atoms with van der Waals surface area (Å²) in [6.07, 6.45) is 3.35. The number of hydrogen-bond acceptors (Lipinski definition) is 8. The van der Waals surface area contributed by atoms with Gasteiger partial charge in [-0.1, -0.05) is 29.8 Å². The molecule has 0 spiro atoms. The van der Waals surface area contributed by atoms with Gasteiger partial charge in [-0.2, -0.15) is 0 Å². The Morgan fingerprint density at radius 3 is 2.42 bits per heavy atom. The third-order valence-corrected chi connectivity index (χ3v) is 5.75. The fourth-order valence-corrected chi connectivity index (χ4v) is 3.64. The highest BCUT2D eigenvalue weighted by molar-refractivity contribution is 6.37. The van der Waals surface area contributed by atoms with Crippen LogP contribution < -0.4 is 16.4 Å². The van der Waals surface area contributed by atoms with E-state index in [0.717, 1.165) is 33.3 Å². The maximum atomic E-state index is 9.22. The first-order chi connectivity index (χ1) is 15.9. The Bertz CT molecular complexity index is 1290. The summed E-state index contributed by atoms with van der Waals surface area (Å²) in [5.41, 5.74) is 12.3. The van der Waals surface area contributed by atoms with Crippen LogP contribution >= 0.6 is 11.6 Å². The molecular formula is C24H25ClN6O2. The lowest BCUT2D eigenvalue weighted by Gasteiger charge is -2.16. The van der Waals surface area contributed by atoms with Crippen molar-refractivity contribution in [2.45, 2.75) is 19.9 Å². The number of nitrogens with two attached hydrogens (primary N) is 1. The molecule has 0 aliphatic heterocycles. The average molecular weight is 465 g/mol. The van der Waals surface area contributed by atoms with Crippen molar-refractivity contribution in [3.8, 4) is 11.1 Å². The highest BCUT2D eigenvalue weighted by Gasteiger charge is 2.15. The van der Waals surface area contributed by atoms with Crippen LogP contribution in [0.4, 0.5) is 23.1 Å². The van der Waals surface area contributed by atoms with Crippen LogP contribution in [0.1, 0.15) is 11.1 Å². The molecule has 0 fully saturated rings. The molecule has 0 aliphatic rings. The number of anilines is 4. The summed E-state index contributed by atoms with van der Waals surface area (Å²) < 4.78 is 0. The molecule has 2 aromatic heterocycles. The fourth-order valence-electron chi connectivity index (χ4n) is 3.45. The van der Waals surface area contributed by atoms with Crippen LogP contribution in [0.3, 0.4) is 0 Å². The summed E-state index contributed by atoms with van der Waals surface area (Å²) in [5.74, 6) is 0.577. The first-order valence-electron chi connectivity index (χ1n) is 10.4. The number of halogens is 1. The van der Waals surface area contributed by atoms with E-state index in [4.69, 9.17) is 17.3 Å². The Hall–Kier alpha value is -3.46. The second kappa shape index (κ2) is 9.58. The zero-order valence-electron chi connectivity index (χ0n) is 18.3. The molecule has 4 rings (SSSR count). The van der Waals surface area contributed by atoms with Crippen molar-refractivity contribution in [3.05, 3.63) is 64.9 Å². The molecule has 2 heterocycles. The van der Waals surface area contributed by atoms with Gasteiger partial charge in [0.15, 0.2) is 0 Å². The van der Waals surface area contributed by atoms with Gasteiger partial charge in [0.2, 0.25) is 5.95 Å². The number of hydrogen-bond donors (Lipinski definition) is 5. The van der Waals surface area contributed by atoms with Gasteiger partial charge >= 0.3 is 0 Å². The van der Waals surface area contributed by atoms with E-state index < -0.39 is 6.04 Å². The molecule has 6 N–H and O–H groups in total. The van der Waals surface area contributed by atoms with E-state index in [1.165, 1.54) is 0 Å². The summed E-state index contributed by atoms with van der Waals surface area (Å²) in [6.45, 7) is 3.61. The lowest BCUT2D eigenvalue weighted by atomic mass is 10.0. The van der Waals surface area contributed by atoms with E-state index >= 15 is 0 Å². The number of fused-ring (bicyclic) bond motifs is 1. The quantitative estimate of drug-likeness (QED) is 0.277. The number of aliphatic hydroxyl groups is 2. The van der Waals surface area contributed by atoms with Gasteiger partial charge in [-0.15, -0.1) is 0 Å². The zero-order valence-corrected chi connectivity index (χ0v) is 19.1. The first-order valence-corrected chi connectivity index (χ1v) is 10.8. The summed E-state index contributed by atoms with van der Waals surface area (Å²) >= 11 is 6.59. The predicted octanol–water partition coefficient (Wildman–Crippen LogP) is 4.05. The van der Waals surface area contributed by atoms with Crippen LogP contribution in [0.5, 0.6) is 0 Å². The van der Waals surface area contributed by atoms with Gasteiger partial charge in [-0.3, -0.25) is 0 Å². The van der Waals surface area contributed by atoms with Crippen LogP contribution in [0, 0.1) is 13.8 Å². The number of nitrogens with one attached hydrogen (secondary N) is 2. The van der Waals surface area contributed by atoms with Crippen molar-refractivity contribution < 1.29 is 10.2 Å². The van der Waals surface area contributed by atoms with Crippen molar-refractivity contribution in [3.63, 3.8) is 0 Å². The van der Waals surface area contributed by atoms with Crippen molar-refractivity contribution >= 4 is 45.6 Å². The molecule has 0 saturated carbocycles. The normalized spacial score (nSPS) is 11.2. The molecule has 0 atom stereocenters. The second-order valence-corrected chi connectivity index (χ2v) is 8.24. The Balaban J connectivity index is 1.74. The number of nitrogen functional groups attached to an aromatic ring is 1. The highest BCUT2D eigenvalue weighted by Crippen LogP contribution is 2.38. The topological polar surface area (TPSA) is 129 Å². The lowest BCUT2D eigenvalue weighted by molar-refractivity contribution is 0.203. The zero-order chi connectivity index (χ0) is 23.5. The largest absolute Gasteiger partial charge is 0.394 e. The number of pyridine rings is 1. The van der Waals surface area contributed by atoms with Crippen LogP contribution in [-0.2, 0) is 0 Å². The number of benzene rings is 2. The minimum atomic E-state index is -0.520. The van der Waals surface area contributed by atoms with E-state index in [-0.39, 0.29) is 19.0 Å². The fraction of sp³-hybridized carbons (Fsp3) is 0.208. The van der Waals surface area contributed by atoms with Crippen molar-refractivity contribution in [2.75, 3.05) is 29.6 Å². The number of nitrogens with zero attached hydrogens (tertiary/aromatic N) is 3. The van der Waals surface area contributed by atoms with E-state index in [0.29, 0.717) is 22.2 Å². The highest BCUT2D eigenvalue weighted by atomic mass is 35.5. The lowest BCUT2D eigenvalue weighted by Crippen LogP contribution is -2.28. The van der Waals surface area contributed by atoms with Crippen LogP contribution in [-0.4, -0.2) is 44.4 Å². The molecule has 0 saturated heterocycles. The monoisotopic (exact) mass is 464 g/mol. The molecule has 33 heavy (non-hydrogen) atoms. The predicted molar refractivity (Wildman–Crippen MR) is 133 cm³/mol. The molecule has 170 valence electrons. The van der Waals surface area contributed by atoms with Gasteiger partial charge in [-0.25, -0.2) is 15.0 Å². The van der Waals surface area contributed by atoms with Gasteiger partial charge in [-0.05, 0) is 48.7 Å². The van der Waals surface area contributed by atoms with Gasteiger partial charge in [0.1, 0.15) is 10.8 Å². The van der Waals surface area contributed by atoms with E-state index in [2.05, 4.69) is 43.8 Å². The number of aryl methyl sites for hydroxylation is 2. The Labute approximate surface area is 196 Å². The molecule has 4 aromatic rings. The third kappa shape index (κ3) is 4.83. The summed E-state index contributed by atoms with van der Waals surface area (Å²) in [6, 6.07) is 11.4. The Morgan fingerprint density at radius 2 is 1.73 bits per heavy atom. The molecule has 2 aromatic carbocycles. The van der Waals surface area contributed by atoms with E-state index in [1.54, 1.807) is 12.4 Å². The van der Waals surface area contributed by atoms with Gasteiger partial charge in [0.05, 0.1) is 30.5 Å². The smallest absolute Gasteiger partial charge is 0.222 e. The van der Waals surface area contributed by atoms with Gasteiger partial charge in [0.25, 0.3) is 0 Å². The minimum absolute atomic E-state index is 0.223. The van der Waals surface area contributed by atoms with Crippen LogP contribution in [0.25, 0.3) is 22.0 Å². The Morgan fingerprint density at radius 1 is 1.00 bits per heavy atom. The second-order valence-electron chi connectivity index (χ2n) is 7.86. The number of aromatic nitrogens is 3. The molecule has 0 bridgehead atoms. The average Bonchev–Trinajstić information content (AvgIpc) is 2.82. The van der Waals surface area contributed by atoms with E-state index in [1.807, 2.05) is 32.0 Å². The van der Waals surface area contributed by atoms with Crippen molar-refractivity contribution in [2.24, 2.45) is 0 Å².